The average molecular weight is 399 g/mol. The number of amides is 1. The molecule has 1 aliphatic rings. The van der Waals surface area contributed by atoms with Crippen molar-refractivity contribution in [2.75, 3.05) is 32.6 Å². The minimum Gasteiger partial charge on any atom is -0.494 e. The zero-order valence-electron chi connectivity index (χ0n) is 15.3. The van der Waals surface area contributed by atoms with Crippen molar-refractivity contribution in [2.45, 2.75) is 30.6 Å². The van der Waals surface area contributed by atoms with Gasteiger partial charge in [0.05, 0.1) is 16.9 Å². The topological polar surface area (TPSA) is 119 Å². The second kappa shape index (κ2) is 9.18. The Bertz CT molecular complexity index is 752. The number of hydrogen-bond donors (Lipinski definition) is 2. The highest BCUT2D eigenvalue weighted by molar-refractivity contribution is 7.90. The first kappa shape index (κ1) is 21.2. The summed E-state index contributed by atoms with van der Waals surface area (Å²) in [5, 5.41) is 12.1. The molecule has 150 valence electrons. The van der Waals surface area contributed by atoms with Gasteiger partial charge < -0.3 is 19.9 Å². The van der Waals surface area contributed by atoms with E-state index in [2.05, 4.69) is 5.32 Å². The van der Waals surface area contributed by atoms with Crippen molar-refractivity contribution in [3.05, 3.63) is 24.3 Å². The maximum atomic E-state index is 12.0. The lowest BCUT2D eigenvalue weighted by atomic mass is 9.80. The molecule has 0 atom stereocenters. The summed E-state index contributed by atoms with van der Waals surface area (Å²) >= 11 is 0. The molecule has 0 aromatic heterocycles. The Morgan fingerprint density at radius 3 is 2.41 bits per heavy atom. The van der Waals surface area contributed by atoms with E-state index in [9.17, 15) is 23.1 Å². The van der Waals surface area contributed by atoms with E-state index in [-0.39, 0.29) is 23.8 Å². The zero-order valence-corrected chi connectivity index (χ0v) is 16.1. The van der Waals surface area contributed by atoms with Crippen molar-refractivity contribution >= 4 is 21.7 Å². The third kappa shape index (κ3) is 6.21. The van der Waals surface area contributed by atoms with Gasteiger partial charge in [0.2, 0.25) is 5.91 Å². The zero-order chi connectivity index (χ0) is 19.9. The summed E-state index contributed by atoms with van der Waals surface area (Å²) in [5.74, 6) is -0.611. The predicted molar refractivity (Wildman–Crippen MR) is 97.4 cm³/mol. The van der Waals surface area contributed by atoms with Crippen LogP contribution in [0.15, 0.2) is 29.2 Å². The van der Waals surface area contributed by atoms with Crippen LogP contribution < -0.4 is 10.1 Å². The van der Waals surface area contributed by atoms with Crippen LogP contribution >= 0.6 is 0 Å². The first-order valence-corrected chi connectivity index (χ1v) is 10.6. The highest BCUT2D eigenvalue weighted by Gasteiger charge is 2.40. The smallest absolute Gasteiger partial charge is 0.311 e. The number of benzene rings is 1. The maximum absolute atomic E-state index is 12.0. The Morgan fingerprint density at radius 2 is 1.85 bits per heavy atom. The molecule has 27 heavy (non-hydrogen) atoms. The monoisotopic (exact) mass is 399 g/mol. The van der Waals surface area contributed by atoms with Gasteiger partial charge in [-0.3, -0.25) is 9.59 Å². The van der Waals surface area contributed by atoms with Crippen LogP contribution in [-0.2, 0) is 24.2 Å². The summed E-state index contributed by atoms with van der Waals surface area (Å²) in [5.41, 5.74) is -0.953. The van der Waals surface area contributed by atoms with Crippen LogP contribution in [-0.4, -0.2) is 58.0 Å². The molecule has 2 N–H and O–H groups in total. The molecule has 0 spiro atoms. The molecule has 0 bridgehead atoms. The van der Waals surface area contributed by atoms with Gasteiger partial charge in [-0.2, -0.15) is 0 Å². The van der Waals surface area contributed by atoms with Gasteiger partial charge in [0.25, 0.3) is 0 Å². The number of hydrogen-bond acceptors (Lipinski definition) is 6. The lowest BCUT2D eigenvalue weighted by Crippen LogP contribution is -2.46. The predicted octanol–water partition coefficient (Wildman–Crippen LogP) is 1.25. The van der Waals surface area contributed by atoms with Crippen molar-refractivity contribution in [3.63, 3.8) is 0 Å². The number of carbonyl (C=O) groups excluding carboxylic acids is 1. The third-order valence-corrected chi connectivity index (χ3v) is 5.72. The van der Waals surface area contributed by atoms with E-state index >= 15 is 0 Å². The van der Waals surface area contributed by atoms with Crippen molar-refractivity contribution in [1.82, 2.24) is 5.32 Å². The number of sulfone groups is 1. The number of carbonyl (C=O) groups is 2. The molecule has 0 saturated carbocycles. The van der Waals surface area contributed by atoms with Gasteiger partial charge in [-0.1, -0.05) is 0 Å². The highest BCUT2D eigenvalue weighted by Crippen LogP contribution is 2.30. The van der Waals surface area contributed by atoms with Crippen LogP contribution in [0.5, 0.6) is 5.75 Å². The summed E-state index contributed by atoms with van der Waals surface area (Å²) in [4.78, 5) is 23.7. The Morgan fingerprint density at radius 1 is 1.22 bits per heavy atom. The standard InChI is InChI=1S/C18H25NO7S/c1-27(23,24)15-6-4-14(5-7-15)26-10-2-3-16(20)19-13-18(17(21)22)8-11-25-12-9-18/h4-7H,2-3,8-13H2,1H3,(H,19,20)(H,21,22). The molecular formula is C18H25NO7S. The van der Waals surface area contributed by atoms with E-state index in [0.717, 1.165) is 6.26 Å². The van der Waals surface area contributed by atoms with Crippen molar-refractivity contribution < 1.29 is 32.6 Å². The quantitative estimate of drug-likeness (QED) is 0.600. The lowest BCUT2D eigenvalue weighted by molar-refractivity contribution is -0.154. The average Bonchev–Trinajstić information content (AvgIpc) is 2.64. The lowest BCUT2D eigenvalue weighted by Gasteiger charge is -2.33. The number of rotatable bonds is 9. The third-order valence-electron chi connectivity index (χ3n) is 4.60. The largest absolute Gasteiger partial charge is 0.494 e. The molecule has 1 saturated heterocycles. The first-order valence-electron chi connectivity index (χ1n) is 8.74. The molecule has 0 aliphatic carbocycles. The maximum Gasteiger partial charge on any atom is 0.311 e. The van der Waals surface area contributed by atoms with Crippen molar-refractivity contribution in [3.8, 4) is 5.75 Å². The molecular weight excluding hydrogens is 374 g/mol. The Kier molecular flexibility index (Phi) is 7.20. The summed E-state index contributed by atoms with van der Waals surface area (Å²) in [6.07, 6.45) is 2.58. The summed E-state index contributed by atoms with van der Waals surface area (Å²) < 4.78 is 33.5. The van der Waals surface area contributed by atoms with E-state index < -0.39 is 21.2 Å². The van der Waals surface area contributed by atoms with Gasteiger partial charge in [-0.05, 0) is 43.5 Å². The van der Waals surface area contributed by atoms with Gasteiger partial charge in [0, 0.05) is 32.4 Å². The van der Waals surface area contributed by atoms with Gasteiger partial charge in [0.1, 0.15) is 5.75 Å². The molecule has 1 aromatic rings. The molecule has 2 rings (SSSR count). The number of aliphatic carboxylic acids is 1. The number of nitrogens with one attached hydrogen (secondary N) is 1. The minimum absolute atomic E-state index is 0.0956. The van der Waals surface area contributed by atoms with E-state index in [1.807, 2.05) is 0 Å². The molecule has 1 aliphatic heterocycles. The minimum atomic E-state index is -3.24. The van der Waals surface area contributed by atoms with Crippen LogP contribution in [0.4, 0.5) is 0 Å². The molecule has 0 unspecified atom stereocenters. The highest BCUT2D eigenvalue weighted by atomic mass is 32.2. The number of ether oxygens (including phenoxy) is 2. The van der Waals surface area contributed by atoms with Crippen LogP contribution in [0, 0.1) is 5.41 Å². The van der Waals surface area contributed by atoms with Crippen LogP contribution in [0.3, 0.4) is 0 Å². The van der Waals surface area contributed by atoms with E-state index in [1.165, 1.54) is 12.1 Å². The molecule has 0 radical (unpaired) electrons. The van der Waals surface area contributed by atoms with Gasteiger partial charge in [-0.25, -0.2) is 8.42 Å². The van der Waals surface area contributed by atoms with Gasteiger partial charge in [0.15, 0.2) is 9.84 Å². The Hall–Kier alpha value is -2.13. The Balaban J connectivity index is 1.71. The summed E-state index contributed by atoms with van der Waals surface area (Å²) in [6.45, 7) is 1.16. The van der Waals surface area contributed by atoms with E-state index in [0.29, 0.717) is 44.8 Å². The summed E-state index contributed by atoms with van der Waals surface area (Å²) in [6, 6.07) is 6.07. The fourth-order valence-corrected chi connectivity index (χ4v) is 3.42. The SMILES string of the molecule is CS(=O)(=O)c1ccc(OCCCC(=O)NCC2(C(=O)O)CCOCC2)cc1. The molecule has 8 nitrogen and oxygen atoms in total. The number of carboxylic acids is 1. The summed E-state index contributed by atoms with van der Waals surface area (Å²) in [7, 11) is -3.24. The van der Waals surface area contributed by atoms with Crippen LogP contribution in [0.25, 0.3) is 0 Å². The first-order chi connectivity index (χ1) is 12.7. The van der Waals surface area contributed by atoms with Crippen LogP contribution in [0.1, 0.15) is 25.7 Å². The molecule has 1 aromatic carbocycles. The molecule has 1 heterocycles. The normalized spacial score (nSPS) is 16.5. The molecule has 9 heteroatoms. The van der Waals surface area contributed by atoms with E-state index in [4.69, 9.17) is 9.47 Å². The van der Waals surface area contributed by atoms with Gasteiger partial charge in [-0.15, -0.1) is 0 Å². The van der Waals surface area contributed by atoms with Crippen LogP contribution in [0.2, 0.25) is 0 Å². The Labute approximate surface area is 158 Å². The second-order valence-corrected chi connectivity index (χ2v) is 8.69. The van der Waals surface area contributed by atoms with E-state index in [1.54, 1.807) is 12.1 Å². The number of carboxylic acid groups (broad SMARTS) is 1. The van der Waals surface area contributed by atoms with Gasteiger partial charge >= 0.3 is 5.97 Å². The molecule has 1 amide bonds. The fraction of sp³-hybridized carbons (Fsp3) is 0.556. The fourth-order valence-electron chi connectivity index (χ4n) is 2.79. The van der Waals surface area contributed by atoms with Crippen molar-refractivity contribution in [1.29, 1.82) is 0 Å². The second-order valence-electron chi connectivity index (χ2n) is 6.67. The van der Waals surface area contributed by atoms with Crippen molar-refractivity contribution in [2.24, 2.45) is 5.41 Å². The molecule has 1 fully saturated rings.